The molecule has 0 aliphatic heterocycles. The maximum Gasteiger partial charge on any atom is 0.321 e. The van der Waals surface area contributed by atoms with Crippen molar-refractivity contribution in [2.75, 3.05) is 13.7 Å². The Labute approximate surface area is 99.6 Å². The minimum atomic E-state index is -0.328. The van der Waals surface area contributed by atoms with E-state index in [2.05, 4.69) is 20.7 Å². The topological polar surface area (TPSA) is 35.5 Å². The summed E-state index contributed by atoms with van der Waals surface area (Å²) in [4.78, 5) is 10.8. The SMILES string of the molecule is COC(=O)C(Br)COC1CCCCCC1. The average Bonchev–Trinajstić information content (AvgIpc) is 2.53. The fraction of sp³-hybridized carbons (Fsp3) is 0.909. The Bertz CT molecular complexity index is 188. The van der Waals surface area contributed by atoms with E-state index in [-0.39, 0.29) is 10.8 Å². The van der Waals surface area contributed by atoms with Crippen LogP contribution in [0.15, 0.2) is 0 Å². The Balaban J connectivity index is 2.19. The fourth-order valence-corrected chi connectivity index (χ4v) is 2.16. The van der Waals surface area contributed by atoms with Gasteiger partial charge in [-0.25, -0.2) is 0 Å². The van der Waals surface area contributed by atoms with Gasteiger partial charge in [0.25, 0.3) is 0 Å². The van der Waals surface area contributed by atoms with Gasteiger partial charge in [0.05, 0.1) is 19.8 Å². The second-order valence-electron chi connectivity index (χ2n) is 3.94. The zero-order chi connectivity index (χ0) is 11.1. The number of carbonyl (C=O) groups excluding carboxylic acids is 1. The quantitative estimate of drug-likeness (QED) is 0.451. The molecule has 0 bridgehead atoms. The van der Waals surface area contributed by atoms with Gasteiger partial charge >= 0.3 is 5.97 Å². The first-order chi connectivity index (χ1) is 7.24. The summed E-state index contributed by atoms with van der Waals surface area (Å²) in [6.07, 6.45) is 7.70. The van der Waals surface area contributed by atoms with Crippen molar-refractivity contribution in [3.63, 3.8) is 0 Å². The van der Waals surface area contributed by atoms with Gasteiger partial charge in [0.1, 0.15) is 4.83 Å². The van der Waals surface area contributed by atoms with Crippen LogP contribution in [-0.2, 0) is 14.3 Å². The summed E-state index contributed by atoms with van der Waals surface area (Å²) in [5.74, 6) is -0.261. The second kappa shape index (κ2) is 7.23. The molecule has 3 nitrogen and oxygen atoms in total. The zero-order valence-electron chi connectivity index (χ0n) is 9.21. The molecule has 0 spiro atoms. The lowest BCUT2D eigenvalue weighted by atomic mass is 10.1. The third kappa shape index (κ3) is 4.98. The largest absolute Gasteiger partial charge is 0.468 e. The standard InChI is InChI=1S/C11H19BrO3/c1-14-11(13)10(12)8-15-9-6-4-2-3-5-7-9/h9-10H,2-8H2,1H3. The van der Waals surface area contributed by atoms with Gasteiger partial charge < -0.3 is 9.47 Å². The summed E-state index contributed by atoms with van der Waals surface area (Å²) < 4.78 is 10.3. The van der Waals surface area contributed by atoms with Crippen molar-refractivity contribution in [1.29, 1.82) is 0 Å². The number of rotatable bonds is 4. The molecule has 0 heterocycles. The molecule has 0 aromatic rings. The Kier molecular flexibility index (Phi) is 6.25. The van der Waals surface area contributed by atoms with Crippen molar-refractivity contribution in [3.8, 4) is 0 Å². The van der Waals surface area contributed by atoms with Crippen LogP contribution in [0.25, 0.3) is 0 Å². The number of carbonyl (C=O) groups is 1. The summed E-state index contributed by atoms with van der Waals surface area (Å²) in [5.41, 5.74) is 0. The highest BCUT2D eigenvalue weighted by Crippen LogP contribution is 2.20. The predicted molar refractivity (Wildman–Crippen MR) is 62.2 cm³/mol. The fourth-order valence-electron chi connectivity index (χ4n) is 1.83. The van der Waals surface area contributed by atoms with Gasteiger partial charge in [0.15, 0.2) is 0 Å². The molecule has 15 heavy (non-hydrogen) atoms. The van der Waals surface area contributed by atoms with Gasteiger partial charge in [-0.2, -0.15) is 0 Å². The molecule has 1 aliphatic rings. The van der Waals surface area contributed by atoms with Crippen molar-refractivity contribution < 1.29 is 14.3 Å². The molecule has 88 valence electrons. The molecule has 1 saturated carbocycles. The molecule has 0 amide bonds. The van der Waals surface area contributed by atoms with E-state index in [1.807, 2.05) is 0 Å². The number of hydrogen-bond donors (Lipinski definition) is 0. The van der Waals surface area contributed by atoms with Gasteiger partial charge in [-0.1, -0.05) is 41.6 Å². The van der Waals surface area contributed by atoms with Gasteiger partial charge in [0.2, 0.25) is 0 Å². The van der Waals surface area contributed by atoms with Crippen LogP contribution in [0.1, 0.15) is 38.5 Å². The lowest BCUT2D eigenvalue weighted by Crippen LogP contribution is -2.25. The molecule has 4 heteroatoms. The summed E-state index contributed by atoms with van der Waals surface area (Å²) in [5, 5.41) is 0. The van der Waals surface area contributed by atoms with Crippen molar-refractivity contribution in [1.82, 2.24) is 0 Å². The van der Waals surface area contributed by atoms with E-state index in [4.69, 9.17) is 4.74 Å². The Morgan fingerprint density at radius 3 is 2.47 bits per heavy atom. The van der Waals surface area contributed by atoms with Gasteiger partial charge in [-0.15, -0.1) is 0 Å². The summed E-state index contributed by atoms with van der Waals surface area (Å²) in [6.45, 7) is 0.414. The maximum absolute atomic E-state index is 11.1. The average molecular weight is 279 g/mol. The summed E-state index contributed by atoms with van der Waals surface area (Å²) in [6, 6.07) is 0. The number of ether oxygens (including phenoxy) is 2. The van der Waals surface area contributed by atoms with E-state index in [9.17, 15) is 4.79 Å². The third-order valence-corrected chi connectivity index (χ3v) is 3.38. The minimum absolute atomic E-state index is 0.261. The third-order valence-electron chi connectivity index (χ3n) is 2.74. The Hall–Kier alpha value is -0.0900. The van der Waals surface area contributed by atoms with Crippen LogP contribution in [0.3, 0.4) is 0 Å². The molecule has 0 aromatic heterocycles. The van der Waals surface area contributed by atoms with Crippen LogP contribution in [0.5, 0.6) is 0 Å². The number of methoxy groups -OCH3 is 1. The summed E-state index contributed by atoms with van der Waals surface area (Å²) >= 11 is 3.25. The molecule has 1 rings (SSSR count). The van der Waals surface area contributed by atoms with Gasteiger partial charge in [-0.05, 0) is 12.8 Å². The van der Waals surface area contributed by atoms with E-state index in [1.54, 1.807) is 0 Å². The van der Waals surface area contributed by atoms with Crippen LogP contribution in [0, 0.1) is 0 Å². The smallest absolute Gasteiger partial charge is 0.321 e. The van der Waals surface area contributed by atoms with Crippen molar-refractivity contribution >= 4 is 21.9 Å². The highest BCUT2D eigenvalue weighted by Gasteiger charge is 2.19. The van der Waals surface area contributed by atoms with E-state index in [1.165, 1.54) is 32.8 Å². The molecule has 0 saturated heterocycles. The number of halogens is 1. The van der Waals surface area contributed by atoms with Crippen LogP contribution in [0.4, 0.5) is 0 Å². The van der Waals surface area contributed by atoms with Crippen molar-refractivity contribution in [3.05, 3.63) is 0 Å². The highest BCUT2D eigenvalue weighted by molar-refractivity contribution is 9.10. The molecular weight excluding hydrogens is 260 g/mol. The molecule has 1 aliphatic carbocycles. The normalized spacial score (nSPS) is 20.7. The molecule has 1 unspecified atom stereocenters. The van der Waals surface area contributed by atoms with E-state index >= 15 is 0 Å². The molecule has 0 radical (unpaired) electrons. The van der Waals surface area contributed by atoms with Crippen molar-refractivity contribution in [2.24, 2.45) is 0 Å². The van der Waals surface area contributed by atoms with Crippen LogP contribution in [0.2, 0.25) is 0 Å². The lowest BCUT2D eigenvalue weighted by molar-refractivity contribution is -0.141. The number of hydrogen-bond acceptors (Lipinski definition) is 3. The molecule has 1 fully saturated rings. The molecule has 0 aromatic carbocycles. The summed E-state index contributed by atoms with van der Waals surface area (Å²) in [7, 11) is 1.39. The van der Waals surface area contributed by atoms with E-state index in [0.29, 0.717) is 12.7 Å². The predicted octanol–water partition coefficient (Wildman–Crippen LogP) is 2.66. The van der Waals surface area contributed by atoms with Crippen molar-refractivity contribution in [2.45, 2.75) is 49.5 Å². The minimum Gasteiger partial charge on any atom is -0.468 e. The van der Waals surface area contributed by atoms with Gasteiger partial charge in [-0.3, -0.25) is 4.79 Å². The lowest BCUT2D eigenvalue weighted by Gasteiger charge is -2.16. The van der Waals surface area contributed by atoms with Crippen LogP contribution >= 0.6 is 15.9 Å². The van der Waals surface area contributed by atoms with Crippen LogP contribution in [-0.4, -0.2) is 30.6 Å². The van der Waals surface area contributed by atoms with E-state index < -0.39 is 0 Å². The second-order valence-corrected chi connectivity index (χ2v) is 5.04. The van der Waals surface area contributed by atoms with E-state index in [0.717, 1.165) is 12.8 Å². The Morgan fingerprint density at radius 1 is 1.33 bits per heavy atom. The first-order valence-electron chi connectivity index (χ1n) is 5.57. The molecule has 0 N–H and O–H groups in total. The molecule has 1 atom stereocenters. The zero-order valence-corrected chi connectivity index (χ0v) is 10.8. The van der Waals surface area contributed by atoms with Crippen LogP contribution < -0.4 is 0 Å². The van der Waals surface area contributed by atoms with Gasteiger partial charge in [0, 0.05) is 0 Å². The Morgan fingerprint density at radius 2 is 1.93 bits per heavy atom. The number of esters is 1. The first kappa shape index (κ1) is 13.0. The maximum atomic E-state index is 11.1. The monoisotopic (exact) mass is 278 g/mol. The highest BCUT2D eigenvalue weighted by atomic mass is 79.9. The number of alkyl halides is 1. The first-order valence-corrected chi connectivity index (χ1v) is 6.49. The molecular formula is C11H19BrO3.